The second-order valence-corrected chi connectivity index (χ2v) is 8.90. The molecular formula is C23H20FN3O6S. The van der Waals surface area contributed by atoms with Gasteiger partial charge in [-0.2, -0.15) is 0 Å². The van der Waals surface area contributed by atoms with Crippen molar-refractivity contribution in [3.63, 3.8) is 0 Å². The molecule has 11 heteroatoms. The van der Waals surface area contributed by atoms with Crippen LogP contribution in [0.3, 0.4) is 0 Å². The molecule has 1 aliphatic heterocycles. The van der Waals surface area contributed by atoms with Gasteiger partial charge in [0, 0.05) is 30.1 Å². The summed E-state index contributed by atoms with van der Waals surface area (Å²) in [5.41, 5.74) is 0.501. The molecule has 0 radical (unpaired) electrons. The Balaban J connectivity index is 1.46. The van der Waals surface area contributed by atoms with Gasteiger partial charge < -0.3 is 20.1 Å². The number of carbonyl (C=O) groups excluding carboxylic acids is 2. The summed E-state index contributed by atoms with van der Waals surface area (Å²) in [6.07, 6.45) is 0. The lowest BCUT2D eigenvalue weighted by Gasteiger charge is -2.19. The molecule has 0 bridgehead atoms. The SMILES string of the molecule is CNC(=O)c1cc(NC(=O)c2ccc(NS(=O)(=O)c3ccc4c(c3)OCCO4)cc2)ccc1F. The van der Waals surface area contributed by atoms with Gasteiger partial charge in [-0.05, 0) is 54.6 Å². The van der Waals surface area contributed by atoms with Crippen LogP contribution in [0, 0.1) is 5.82 Å². The van der Waals surface area contributed by atoms with Gasteiger partial charge in [-0.3, -0.25) is 14.3 Å². The molecule has 0 unspecified atom stereocenters. The third-order valence-corrected chi connectivity index (χ3v) is 6.30. The fourth-order valence-electron chi connectivity index (χ4n) is 3.21. The smallest absolute Gasteiger partial charge is 0.262 e. The van der Waals surface area contributed by atoms with E-state index in [0.717, 1.165) is 6.07 Å². The first-order valence-corrected chi connectivity index (χ1v) is 11.6. The summed E-state index contributed by atoms with van der Waals surface area (Å²) >= 11 is 0. The molecule has 1 aliphatic rings. The van der Waals surface area contributed by atoms with Crippen molar-refractivity contribution >= 4 is 33.2 Å². The molecule has 1 heterocycles. The molecule has 9 nitrogen and oxygen atoms in total. The minimum Gasteiger partial charge on any atom is -0.486 e. The van der Waals surface area contributed by atoms with E-state index in [1.807, 2.05) is 0 Å². The number of hydrogen-bond donors (Lipinski definition) is 3. The lowest BCUT2D eigenvalue weighted by Crippen LogP contribution is -2.20. The Bertz CT molecular complexity index is 1360. The molecule has 176 valence electrons. The third kappa shape index (κ3) is 4.94. The van der Waals surface area contributed by atoms with E-state index >= 15 is 0 Å². The summed E-state index contributed by atoms with van der Waals surface area (Å²) in [6, 6.07) is 13.7. The van der Waals surface area contributed by atoms with Crippen LogP contribution in [0.5, 0.6) is 11.5 Å². The fourth-order valence-corrected chi connectivity index (χ4v) is 4.28. The van der Waals surface area contributed by atoms with E-state index in [2.05, 4.69) is 15.4 Å². The Morgan fingerprint density at radius 3 is 2.24 bits per heavy atom. The number of sulfonamides is 1. The largest absolute Gasteiger partial charge is 0.486 e. The van der Waals surface area contributed by atoms with Crippen molar-refractivity contribution in [3.8, 4) is 11.5 Å². The number of halogens is 1. The van der Waals surface area contributed by atoms with Crippen molar-refractivity contribution in [1.82, 2.24) is 5.32 Å². The van der Waals surface area contributed by atoms with E-state index in [1.54, 1.807) is 0 Å². The van der Waals surface area contributed by atoms with Gasteiger partial charge in [-0.15, -0.1) is 0 Å². The molecule has 0 spiro atoms. The maximum Gasteiger partial charge on any atom is 0.262 e. The van der Waals surface area contributed by atoms with Gasteiger partial charge in [-0.25, -0.2) is 12.8 Å². The molecule has 34 heavy (non-hydrogen) atoms. The number of hydrogen-bond acceptors (Lipinski definition) is 6. The Hall–Kier alpha value is -4.12. The van der Waals surface area contributed by atoms with E-state index in [0.29, 0.717) is 24.7 Å². The molecule has 0 atom stereocenters. The Kier molecular flexibility index (Phi) is 6.37. The Morgan fingerprint density at radius 2 is 1.53 bits per heavy atom. The number of fused-ring (bicyclic) bond motifs is 1. The van der Waals surface area contributed by atoms with Crippen molar-refractivity contribution in [2.45, 2.75) is 4.90 Å². The highest BCUT2D eigenvalue weighted by atomic mass is 32.2. The standard InChI is InChI=1S/C23H20FN3O6S/c1-25-23(29)18-12-16(6-8-19(18)24)26-22(28)14-2-4-15(5-3-14)27-34(30,31)17-7-9-20-21(13-17)33-11-10-32-20/h2-9,12-13,27H,10-11H2,1H3,(H,25,29)(H,26,28). The number of anilines is 2. The molecule has 2 amide bonds. The van der Waals surface area contributed by atoms with E-state index in [-0.39, 0.29) is 27.4 Å². The van der Waals surface area contributed by atoms with Gasteiger partial charge in [-0.1, -0.05) is 0 Å². The quantitative estimate of drug-likeness (QED) is 0.493. The second-order valence-electron chi connectivity index (χ2n) is 7.22. The summed E-state index contributed by atoms with van der Waals surface area (Å²) in [7, 11) is -2.54. The van der Waals surface area contributed by atoms with Crippen molar-refractivity contribution in [1.29, 1.82) is 0 Å². The first-order chi connectivity index (χ1) is 16.3. The van der Waals surface area contributed by atoms with Crippen molar-refractivity contribution in [3.05, 3.63) is 77.6 Å². The molecule has 0 fully saturated rings. The highest BCUT2D eigenvalue weighted by Crippen LogP contribution is 2.32. The average Bonchev–Trinajstić information content (AvgIpc) is 2.84. The van der Waals surface area contributed by atoms with Gasteiger partial charge in [0.1, 0.15) is 19.0 Å². The molecule has 0 aromatic heterocycles. The molecule has 0 saturated carbocycles. The van der Waals surface area contributed by atoms with Gasteiger partial charge in [0.2, 0.25) is 0 Å². The number of amides is 2. The van der Waals surface area contributed by atoms with E-state index in [4.69, 9.17) is 9.47 Å². The van der Waals surface area contributed by atoms with Crippen LogP contribution in [-0.4, -0.2) is 40.5 Å². The maximum absolute atomic E-state index is 13.8. The summed E-state index contributed by atoms with van der Waals surface area (Å²) in [5.74, 6) is -1.03. The van der Waals surface area contributed by atoms with Gasteiger partial charge in [0.05, 0.1) is 10.5 Å². The molecule has 3 aromatic carbocycles. The van der Waals surface area contributed by atoms with Crippen LogP contribution in [0.4, 0.5) is 15.8 Å². The average molecular weight is 485 g/mol. The van der Waals surface area contributed by atoms with Crippen LogP contribution in [0.1, 0.15) is 20.7 Å². The molecule has 3 N–H and O–H groups in total. The summed E-state index contributed by atoms with van der Waals surface area (Å²) in [6.45, 7) is 0.728. The number of benzene rings is 3. The Morgan fingerprint density at radius 1 is 0.853 bits per heavy atom. The van der Waals surface area contributed by atoms with Crippen molar-refractivity contribution in [2.75, 3.05) is 30.3 Å². The minimum absolute atomic E-state index is 0.00167. The zero-order chi connectivity index (χ0) is 24.3. The van der Waals surface area contributed by atoms with E-state index in [9.17, 15) is 22.4 Å². The monoisotopic (exact) mass is 485 g/mol. The van der Waals surface area contributed by atoms with Crippen LogP contribution in [-0.2, 0) is 10.0 Å². The molecule has 0 aliphatic carbocycles. The highest BCUT2D eigenvalue weighted by molar-refractivity contribution is 7.92. The predicted molar refractivity (Wildman–Crippen MR) is 122 cm³/mol. The Labute approximate surface area is 194 Å². The molecule has 0 saturated heterocycles. The van der Waals surface area contributed by atoms with Crippen LogP contribution in [0.2, 0.25) is 0 Å². The normalized spacial score (nSPS) is 12.5. The number of carbonyl (C=O) groups is 2. The number of nitrogens with one attached hydrogen (secondary N) is 3. The summed E-state index contributed by atoms with van der Waals surface area (Å²) in [5, 5.41) is 4.90. The number of rotatable bonds is 6. The topological polar surface area (TPSA) is 123 Å². The zero-order valence-electron chi connectivity index (χ0n) is 17.9. The van der Waals surface area contributed by atoms with Crippen molar-refractivity contribution < 1.29 is 31.9 Å². The van der Waals surface area contributed by atoms with Crippen LogP contribution in [0.15, 0.2) is 65.6 Å². The lowest BCUT2D eigenvalue weighted by molar-refractivity contribution is 0.0957. The van der Waals surface area contributed by atoms with Crippen LogP contribution in [0.25, 0.3) is 0 Å². The molecule has 4 rings (SSSR count). The lowest BCUT2D eigenvalue weighted by atomic mass is 10.1. The van der Waals surface area contributed by atoms with Gasteiger partial charge in [0.25, 0.3) is 21.8 Å². The maximum atomic E-state index is 13.8. The summed E-state index contributed by atoms with van der Waals surface area (Å²) in [4.78, 5) is 24.3. The van der Waals surface area contributed by atoms with Gasteiger partial charge in [0.15, 0.2) is 11.5 Å². The van der Waals surface area contributed by atoms with Gasteiger partial charge >= 0.3 is 0 Å². The molecule has 3 aromatic rings. The van der Waals surface area contributed by atoms with Crippen LogP contribution < -0.4 is 24.8 Å². The predicted octanol–water partition coefficient (Wildman–Crippen LogP) is 3.01. The second kappa shape index (κ2) is 9.40. The van der Waals surface area contributed by atoms with Crippen molar-refractivity contribution in [2.24, 2.45) is 0 Å². The fraction of sp³-hybridized carbons (Fsp3) is 0.130. The first-order valence-electron chi connectivity index (χ1n) is 10.1. The highest BCUT2D eigenvalue weighted by Gasteiger charge is 2.20. The third-order valence-electron chi connectivity index (χ3n) is 4.92. The summed E-state index contributed by atoms with van der Waals surface area (Å²) < 4.78 is 52.6. The van der Waals surface area contributed by atoms with E-state index < -0.39 is 27.7 Å². The first kappa shape index (κ1) is 23.1. The zero-order valence-corrected chi connectivity index (χ0v) is 18.7. The van der Waals surface area contributed by atoms with E-state index in [1.165, 1.54) is 61.6 Å². The minimum atomic E-state index is -3.91. The van der Waals surface area contributed by atoms with Crippen LogP contribution >= 0.6 is 0 Å². The number of ether oxygens (including phenoxy) is 2. The molecular weight excluding hydrogens is 465 g/mol.